The van der Waals surface area contributed by atoms with E-state index in [1.807, 2.05) is 0 Å². The number of carbonyl (C=O) groups is 5. The maximum atomic E-state index is 13.7. The van der Waals surface area contributed by atoms with Gasteiger partial charge < -0.3 is 9.47 Å². The van der Waals surface area contributed by atoms with E-state index in [0.29, 0.717) is 15.8 Å². The van der Waals surface area contributed by atoms with Crippen molar-refractivity contribution >= 4 is 46.8 Å². The highest BCUT2D eigenvalue weighted by molar-refractivity contribution is 6.34. The minimum absolute atomic E-state index is 0.0141. The Balaban J connectivity index is 1.43. The fourth-order valence-electron chi connectivity index (χ4n) is 4.49. The highest BCUT2D eigenvalue weighted by Crippen LogP contribution is 2.33. The summed E-state index contributed by atoms with van der Waals surface area (Å²) in [5.74, 6) is -3.94. The molecule has 1 aliphatic heterocycles. The highest BCUT2D eigenvalue weighted by atomic mass is 35.5. The normalized spacial score (nSPS) is 12.0. The van der Waals surface area contributed by atoms with Crippen LogP contribution in [0.3, 0.4) is 0 Å². The van der Waals surface area contributed by atoms with Crippen molar-refractivity contribution in [1.82, 2.24) is 10.0 Å². The van der Waals surface area contributed by atoms with Crippen LogP contribution in [0.4, 0.5) is 5.69 Å². The van der Waals surface area contributed by atoms with Crippen LogP contribution >= 0.6 is 11.6 Å². The van der Waals surface area contributed by atoms with Gasteiger partial charge in [0.15, 0.2) is 5.78 Å². The fraction of sp³-hybridized carbons (Fsp3) is 0.0645. The number of benzene rings is 4. The molecule has 12 nitrogen and oxygen atoms in total. The van der Waals surface area contributed by atoms with Gasteiger partial charge in [0.25, 0.3) is 23.4 Å². The van der Waals surface area contributed by atoms with E-state index in [0.717, 1.165) is 6.07 Å². The van der Waals surface area contributed by atoms with Crippen LogP contribution in [0.25, 0.3) is 0 Å². The standard InChI is InChI=1S/C31H20ClN3O9/c1-43-21-7-4-6-19(16-21)31(40)44-20-14-12-18(13-15-20)26(36)17-33(28(37)22-8-2-3-10-24(22)32)34-29(38)23-9-5-11-25(35(41)42)27(23)30(34)39/h2-16H,17H2,1H3. The first-order chi connectivity index (χ1) is 21.1. The molecule has 1 aliphatic rings. The van der Waals surface area contributed by atoms with Gasteiger partial charge in [-0.2, -0.15) is 5.01 Å². The summed E-state index contributed by atoms with van der Waals surface area (Å²) in [4.78, 5) is 77.2. The molecular weight excluding hydrogens is 594 g/mol. The Bertz CT molecular complexity index is 1860. The number of carbonyl (C=O) groups excluding carboxylic acids is 5. The first-order valence-corrected chi connectivity index (χ1v) is 13.2. The summed E-state index contributed by atoms with van der Waals surface area (Å²) >= 11 is 6.21. The number of halogens is 1. The molecule has 1 heterocycles. The summed E-state index contributed by atoms with van der Waals surface area (Å²) in [6.07, 6.45) is 0. The third-order valence-corrected chi connectivity index (χ3v) is 6.96. The van der Waals surface area contributed by atoms with Gasteiger partial charge >= 0.3 is 5.97 Å². The smallest absolute Gasteiger partial charge is 0.343 e. The van der Waals surface area contributed by atoms with Crippen LogP contribution < -0.4 is 9.47 Å². The lowest BCUT2D eigenvalue weighted by Gasteiger charge is -2.29. The Labute approximate surface area is 254 Å². The number of nitrogens with zero attached hydrogens (tertiary/aromatic N) is 3. The number of ketones is 1. The molecule has 0 atom stereocenters. The summed E-state index contributed by atoms with van der Waals surface area (Å²) in [6.45, 7) is -0.813. The Kier molecular flexibility index (Phi) is 8.18. The Morgan fingerprint density at radius 3 is 2.25 bits per heavy atom. The average Bonchev–Trinajstić information content (AvgIpc) is 3.29. The quantitative estimate of drug-likeness (QED) is 0.0632. The predicted octanol–water partition coefficient (Wildman–Crippen LogP) is 5.01. The number of amides is 3. The molecule has 0 spiro atoms. The van der Waals surface area contributed by atoms with E-state index in [9.17, 15) is 34.1 Å². The van der Waals surface area contributed by atoms with E-state index >= 15 is 0 Å². The molecule has 13 heteroatoms. The number of fused-ring (bicyclic) bond motifs is 1. The van der Waals surface area contributed by atoms with E-state index in [1.165, 1.54) is 67.8 Å². The zero-order valence-electron chi connectivity index (χ0n) is 22.8. The molecular formula is C31H20ClN3O9. The van der Waals surface area contributed by atoms with E-state index in [-0.39, 0.29) is 33.0 Å². The number of hydrogen-bond donors (Lipinski definition) is 0. The van der Waals surface area contributed by atoms with Crippen LogP contribution in [-0.2, 0) is 0 Å². The summed E-state index contributed by atoms with van der Waals surface area (Å²) in [7, 11) is 1.46. The molecule has 0 saturated carbocycles. The summed E-state index contributed by atoms with van der Waals surface area (Å²) < 4.78 is 10.5. The molecule has 5 rings (SSSR count). The van der Waals surface area contributed by atoms with Gasteiger partial charge in [0, 0.05) is 11.6 Å². The van der Waals surface area contributed by atoms with Crippen molar-refractivity contribution in [3.8, 4) is 11.5 Å². The minimum Gasteiger partial charge on any atom is -0.497 e. The Morgan fingerprint density at radius 1 is 0.864 bits per heavy atom. The fourth-order valence-corrected chi connectivity index (χ4v) is 4.70. The van der Waals surface area contributed by atoms with Gasteiger partial charge in [0.2, 0.25) is 0 Å². The summed E-state index contributed by atoms with van der Waals surface area (Å²) in [5.41, 5.74) is -1.26. The third kappa shape index (κ3) is 5.61. The summed E-state index contributed by atoms with van der Waals surface area (Å²) in [6, 6.07) is 21.0. The minimum atomic E-state index is -1.15. The molecule has 0 radical (unpaired) electrons. The van der Waals surface area contributed by atoms with E-state index in [1.54, 1.807) is 24.3 Å². The van der Waals surface area contributed by atoms with Crippen molar-refractivity contribution in [3.05, 3.63) is 134 Å². The van der Waals surface area contributed by atoms with Gasteiger partial charge in [-0.1, -0.05) is 35.9 Å². The van der Waals surface area contributed by atoms with Gasteiger partial charge in [-0.25, -0.2) is 9.80 Å². The molecule has 3 amide bonds. The largest absolute Gasteiger partial charge is 0.497 e. The molecule has 0 unspecified atom stereocenters. The molecule has 0 fully saturated rings. The molecule has 0 saturated heterocycles. The van der Waals surface area contributed by atoms with Crippen LogP contribution in [0.1, 0.15) is 51.8 Å². The van der Waals surface area contributed by atoms with Crippen LogP contribution in [0.2, 0.25) is 5.02 Å². The van der Waals surface area contributed by atoms with Crippen LogP contribution in [0, 0.1) is 10.1 Å². The average molecular weight is 614 g/mol. The molecule has 0 N–H and O–H groups in total. The van der Waals surface area contributed by atoms with E-state index < -0.39 is 52.2 Å². The highest BCUT2D eigenvalue weighted by Gasteiger charge is 2.46. The van der Waals surface area contributed by atoms with Crippen LogP contribution in [0.5, 0.6) is 11.5 Å². The predicted molar refractivity (Wildman–Crippen MR) is 155 cm³/mol. The van der Waals surface area contributed by atoms with Crippen molar-refractivity contribution in [2.45, 2.75) is 0 Å². The van der Waals surface area contributed by atoms with Crippen molar-refractivity contribution in [2.24, 2.45) is 0 Å². The van der Waals surface area contributed by atoms with Gasteiger partial charge in [-0.3, -0.25) is 29.3 Å². The van der Waals surface area contributed by atoms with Crippen LogP contribution in [0.15, 0.2) is 91.0 Å². The number of nitro groups is 1. The molecule has 0 bridgehead atoms. The van der Waals surface area contributed by atoms with Crippen LogP contribution in [-0.4, -0.2) is 58.1 Å². The number of Topliss-reactive ketones (excluding diaryl/α,β-unsaturated/α-hetero) is 1. The Morgan fingerprint density at radius 2 is 1.57 bits per heavy atom. The van der Waals surface area contributed by atoms with Gasteiger partial charge in [0.05, 0.1) is 33.7 Å². The number of rotatable bonds is 9. The second-order valence-corrected chi connectivity index (χ2v) is 9.70. The maximum absolute atomic E-state index is 13.7. The molecule has 44 heavy (non-hydrogen) atoms. The number of imide groups is 1. The van der Waals surface area contributed by atoms with Crippen molar-refractivity contribution in [2.75, 3.05) is 13.7 Å². The van der Waals surface area contributed by atoms with Crippen molar-refractivity contribution < 1.29 is 38.4 Å². The first kappa shape index (κ1) is 29.6. The van der Waals surface area contributed by atoms with Gasteiger partial charge in [0.1, 0.15) is 23.6 Å². The first-order valence-electron chi connectivity index (χ1n) is 12.8. The number of hydrazine groups is 1. The molecule has 4 aromatic rings. The monoisotopic (exact) mass is 613 g/mol. The lowest BCUT2D eigenvalue weighted by molar-refractivity contribution is -0.385. The number of esters is 1. The molecule has 220 valence electrons. The number of hydrogen-bond acceptors (Lipinski definition) is 9. The number of nitro benzene ring substituents is 1. The lowest BCUT2D eigenvalue weighted by Crippen LogP contribution is -2.51. The van der Waals surface area contributed by atoms with Gasteiger partial charge in [-0.05, 0) is 60.7 Å². The third-order valence-electron chi connectivity index (χ3n) is 6.63. The van der Waals surface area contributed by atoms with E-state index in [4.69, 9.17) is 21.1 Å². The topological polar surface area (TPSA) is 153 Å². The second kappa shape index (κ2) is 12.2. The zero-order valence-corrected chi connectivity index (χ0v) is 23.5. The van der Waals surface area contributed by atoms with Crippen molar-refractivity contribution in [1.29, 1.82) is 0 Å². The Hall–Kier alpha value is -5.88. The number of methoxy groups -OCH3 is 1. The maximum Gasteiger partial charge on any atom is 0.343 e. The summed E-state index contributed by atoms with van der Waals surface area (Å²) in [5, 5.41) is 12.6. The second-order valence-electron chi connectivity index (χ2n) is 9.29. The molecule has 0 aromatic heterocycles. The van der Waals surface area contributed by atoms with E-state index in [2.05, 4.69) is 0 Å². The lowest BCUT2D eigenvalue weighted by atomic mass is 10.1. The number of ether oxygens (including phenoxy) is 2. The molecule has 0 aliphatic carbocycles. The molecule has 4 aromatic carbocycles. The van der Waals surface area contributed by atoms with Crippen molar-refractivity contribution in [3.63, 3.8) is 0 Å². The zero-order chi connectivity index (χ0) is 31.5. The van der Waals surface area contributed by atoms with Gasteiger partial charge in [-0.15, -0.1) is 0 Å². The SMILES string of the molecule is COc1cccc(C(=O)Oc2ccc(C(=O)CN(C(=O)c3ccccc3Cl)N3C(=O)c4cccc([N+](=O)[O-])c4C3=O)cc2)c1.